The highest BCUT2D eigenvalue weighted by atomic mass is 32.1. The summed E-state index contributed by atoms with van der Waals surface area (Å²) in [6.07, 6.45) is 0. The molecule has 1 aromatic carbocycles. The summed E-state index contributed by atoms with van der Waals surface area (Å²) < 4.78 is 13.7. The number of aromatic carboxylic acids is 1. The van der Waals surface area contributed by atoms with E-state index in [4.69, 9.17) is 5.11 Å². The third-order valence-corrected chi connectivity index (χ3v) is 3.18. The van der Waals surface area contributed by atoms with Gasteiger partial charge in [0.05, 0.1) is 0 Å². The molecule has 0 amide bonds. The number of carboxylic acid groups (broad SMARTS) is 1. The number of hydrogen-bond acceptors (Lipinski definition) is 2. The second-order valence-electron chi connectivity index (χ2n) is 3.45. The molecule has 0 unspecified atom stereocenters. The van der Waals surface area contributed by atoms with Gasteiger partial charge in [0, 0.05) is 11.1 Å². The molecule has 1 aromatic heterocycles. The number of carbonyl (C=O) groups is 1. The van der Waals surface area contributed by atoms with E-state index in [-0.39, 0.29) is 10.7 Å². The lowest BCUT2D eigenvalue weighted by Gasteiger charge is -2.03. The first kappa shape index (κ1) is 10.8. The van der Waals surface area contributed by atoms with Crippen LogP contribution in [0.2, 0.25) is 0 Å². The molecule has 2 rings (SSSR count). The van der Waals surface area contributed by atoms with Gasteiger partial charge in [-0.2, -0.15) is 0 Å². The molecule has 0 saturated heterocycles. The van der Waals surface area contributed by atoms with Crippen LogP contribution in [-0.4, -0.2) is 11.1 Å². The van der Waals surface area contributed by atoms with Gasteiger partial charge in [0.2, 0.25) is 0 Å². The van der Waals surface area contributed by atoms with Crippen LogP contribution in [0.25, 0.3) is 11.1 Å². The van der Waals surface area contributed by atoms with Crippen LogP contribution >= 0.6 is 11.3 Å². The summed E-state index contributed by atoms with van der Waals surface area (Å²) in [7, 11) is 0. The summed E-state index contributed by atoms with van der Waals surface area (Å²) in [6.45, 7) is 1.79. The van der Waals surface area contributed by atoms with Gasteiger partial charge in [-0.3, -0.25) is 0 Å². The van der Waals surface area contributed by atoms with Gasteiger partial charge < -0.3 is 5.11 Å². The highest BCUT2D eigenvalue weighted by molar-refractivity contribution is 7.12. The van der Waals surface area contributed by atoms with Gasteiger partial charge in [-0.1, -0.05) is 12.1 Å². The Morgan fingerprint density at radius 1 is 1.31 bits per heavy atom. The minimum Gasteiger partial charge on any atom is -0.477 e. The van der Waals surface area contributed by atoms with E-state index in [0.29, 0.717) is 11.1 Å². The Labute approximate surface area is 96.0 Å². The van der Waals surface area contributed by atoms with Crippen molar-refractivity contribution < 1.29 is 14.3 Å². The van der Waals surface area contributed by atoms with Crippen LogP contribution in [0.1, 0.15) is 15.2 Å². The Balaban J connectivity index is 2.59. The van der Waals surface area contributed by atoms with Crippen molar-refractivity contribution in [1.29, 1.82) is 0 Å². The first-order valence-electron chi connectivity index (χ1n) is 4.67. The van der Waals surface area contributed by atoms with E-state index in [0.717, 1.165) is 16.9 Å². The van der Waals surface area contributed by atoms with E-state index >= 15 is 0 Å². The topological polar surface area (TPSA) is 37.3 Å². The SMILES string of the molecule is Cc1ccc(-c2ccsc2C(=O)O)c(F)c1. The molecule has 0 saturated carbocycles. The van der Waals surface area contributed by atoms with Gasteiger partial charge in [0.25, 0.3) is 0 Å². The molecule has 82 valence electrons. The van der Waals surface area contributed by atoms with Crippen LogP contribution < -0.4 is 0 Å². The van der Waals surface area contributed by atoms with Gasteiger partial charge in [0.15, 0.2) is 0 Å². The molecule has 0 aliphatic carbocycles. The molecule has 0 fully saturated rings. The zero-order chi connectivity index (χ0) is 11.7. The largest absolute Gasteiger partial charge is 0.477 e. The molecule has 0 aliphatic rings. The first-order valence-corrected chi connectivity index (χ1v) is 5.55. The first-order chi connectivity index (χ1) is 7.59. The molecule has 0 aliphatic heterocycles. The lowest BCUT2D eigenvalue weighted by atomic mass is 10.0. The lowest BCUT2D eigenvalue weighted by Crippen LogP contribution is -1.95. The fourth-order valence-electron chi connectivity index (χ4n) is 1.53. The lowest BCUT2D eigenvalue weighted by molar-refractivity contribution is 0.0703. The van der Waals surface area contributed by atoms with Crippen molar-refractivity contribution in [2.45, 2.75) is 6.92 Å². The number of aryl methyl sites for hydroxylation is 1. The molecular weight excluding hydrogens is 227 g/mol. The van der Waals surface area contributed by atoms with Gasteiger partial charge >= 0.3 is 5.97 Å². The van der Waals surface area contributed by atoms with Crippen LogP contribution in [0.5, 0.6) is 0 Å². The maximum absolute atomic E-state index is 13.7. The van der Waals surface area contributed by atoms with Crippen LogP contribution in [0.15, 0.2) is 29.6 Å². The second kappa shape index (κ2) is 4.06. The van der Waals surface area contributed by atoms with Crippen molar-refractivity contribution in [2.24, 2.45) is 0 Å². The highest BCUT2D eigenvalue weighted by Gasteiger charge is 2.15. The summed E-state index contributed by atoms with van der Waals surface area (Å²) in [5.41, 5.74) is 1.59. The van der Waals surface area contributed by atoms with Crippen LogP contribution in [-0.2, 0) is 0 Å². The molecule has 2 aromatic rings. The van der Waals surface area contributed by atoms with E-state index in [1.807, 2.05) is 0 Å². The standard InChI is InChI=1S/C12H9FO2S/c1-7-2-3-8(10(13)6-7)9-4-5-16-11(9)12(14)15/h2-6H,1H3,(H,14,15). The number of thiophene rings is 1. The fourth-order valence-corrected chi connectivity index (χ4v) is 2.27. The van der Waals surface area contributed by atoms with E-state index < -0.39 is 5.97 Å². The van der Waals surface area contributed by atoms with E-state index in [1.165, 1.54) is 6.07 Å². The summed E-state index contributed by atoms with van der Waals surface area (Å²) in [4.78, 5) is 11.1. The second-order valence-corrected chi connectivity index (χ2v) is 4.37. The van der Waals surface area contributed by atoms with Gasteiger partial charge in [0.1, 0.15) is 10.7 Å². The van der Waals surface area contributed by atoms with Gasteiger partial charge in [-0.15, -0.1) is 11.3 Å². The molecule has 1 N–H and O–H groups in total. The van der Waals surface area contributed by atoms with Crippen molar-refractivity contribution >= 4 is 17.3 Å². The van der Waals surface area contributed by atoms with Crippen LogP contribution in [0.4, 0.5) is 4.39 Å². The molecule has 2 nitrogen and oxygen atoms in total. The molecule has 16 heavy (non-hydrogen) atoms. The van der Waals surface area contributed by atoms with E-state index in [9.17, 15) is 9.18 Å². The zero-order valence-electron chi connectivity index (χ0n) is 8.53. The predicted octanol–water partition coefficient (Wildman–Crippen LogP) is 3.56. The maximum atomic E-state index is 13.7. The predicted molar refractivity (Wildman–Crippen MR) is 61.4 cm³/mol. The third kappa shape index (κ3) is 1.84. The minimum atomic E-state index is -1.02. The Kier molecular flexibility index (Phi) is 2.75. The maximum Gasteiger partial charge on any atom is 0.346 e. The average Bonchev–Trinajstić information content (AvgIpc) is 2.66. The van der Waals surface area contributed by atoms with Gasteiger partial charge in [-0.25, -0.2) is 9.18 Å². The molecular formula is C12H9FO2S. The van der Waals surface area contributed by atoms with Crippen molar-refractivity contribution in [3.63, 3.8) is 0 Å². The quantitative estimate of drug-likeness (QED) is 0.865. The Hall–Kier alpha value is -1.68. The zero-order valence-corrected chi connectivity index (χ0v) is 9.34. The Morgan fingerprint density at radius 3 is 2.69 bits per heavy atom. The Bertz CT molecular complexity index is 546. The summed E-state index contributed by atoms with van der Waals surface area (Å²) in [5, 5.41) is 10.6. The molecule has 0 radical (unpaired) electrons. The molecule has 0 bridgehead atoms. The summed E-state index contributed by atoms with van der Waals surface area (Å²) in [6, 6.07) is 6.40. The molecule has 4 heteroatoms. The van der Waals surface area contributed by atoms with E-state index in [1.54, 1.807) is 30.5 Å². The van der Waals surface area contributed by atoms with Crippen LogP contribution in [0, 0.1) is 12.7 Å². The molecule has 0 atom stereocenters. The van der Waals surface area contributed by atoms with Gasteiger partial charge in [-0.05, 0) is 30.0 Å². The molecule has 0 spiro atoms. The summed E-state index contributed by atoms with van der Waals surface area (Å²) >= 11 is 1.10. The van der Waals surface area contributed by atoms with E-state index in [2.05, 4.69) is 0 Å². The van der Waals surface area contributed by atoms with Crippen LogP contribution in [0.3, 0.4) is 0 Å². The number of carboxylic acids is 1. The monoisotopic (exact) mass is 236 g/mol. The van der Waals surface area contributed by atoms with Crippen molar-refractivity contribution in [2.75, 3.05) is 0 Å². The third-order valence-electron chi connectivity index (χ3n) is 2.27. The number of hydrogen-bond donors (Lipinski definition) is 1. The minimum absolute atomic E-state index is 0.169. The average molecular weight is 236 g/mol. The molecule has 1 heterocycles. The van der Waals surface area contributed by atoms with Crippen molar-refractivity contribution in [1.82, 2.24) is 0 Å². The summed E-state index contributed by atoms with van der Waals surface area (Å²) in [5.74, 6) is -1.41. The Morgan fingerprint density at radius 2 is 2.06 bits per heavy atom. The number of halogens is 1. The van der Waals surface area contributed by atoms with Crippen molar-refractivity contribution in [3.8, 4) is 11.1 Å². The normalized spacial score (nSPS) is 10.4. The number of rotatable bonds is 2. The fraction of sp³-hybridized carbons (Fsp3) is 0.0833. The highest BCUT2D eigenvalue weighted by Crippen LogP contribution is 2.30. The number of benzene rings is 1. The van der Waals surface area contributed by atoms with Crippen molar-refractivity contribution in [3.05, 3.63) is 45.9 Å². The smallest absolute Gasteiger partial charge is 0.346 e.